The van der Waals surface area contributed by atoms with Gasteiger partial charge in [-0.15, -0.1) is 0 Å². The number of fused-ring (bicyclic) bond motifs is 2. The molecule has 0 amide bonds. The zero-order valence-electron chi connectivity index (χ0n) is 19.5. The van der Waals surface area contributed by atoms with Crippen molar-refractivity contribution in [2.24, 2.45) is 0 Å². The van der Waals surface area contributed by atoms with Crippen molar-refractivity contribution >= 4 is 21.7 Å². The first kappa shape index (κ1) is 20.3. The van der Waals surface area contributed by atoms with E-state index >= 15 is 0 Å². The molecule has 2 heterocycles. The lowest BCUT2D eigenvalue weighted by molar-refractivity contribution is 0.444. The number of rotatable bonds is 3. The summed E-state index contributed by atoms with van der Waals surface area (Å²) in [6, 6.07) is 13.8. The van der Waals surface area contributed by atoms with Gasteiger partial charge in [-0.05, 0) is 79.8 Å². The lowest BCUT2D eigenvalue weighted by Gasteiger charge is -2.22. The van der Waals surface area contributed by atoms with Gasteiger partial charge in [-0.25, -0.2) is 0 Å². The Bertz CT molecular complexity index is 1270. The van der Waals surface area contributed by atoms with Crippen molar-refractivity contribution in [1.82, 2.24) is 4.98 Å². The van der Waals surface area contributed by atoms with Crippen LogP contribution in [0.2, 0.25) is 0 Å². The molecular weight excluding hydrogens is 378 g/mol. The Morgan fingerprint density at radius 1 is 0.903 bits per heavy atom. The molecule has 0 aliphatic heterocycles. The van der Waals surface area contributed by atoms with Crippen molar-refractivity contribution in [1.29, 1.82) is 0 Å². The number of hydrogen-bond acceptors (Lipinski definition) is 2. The molecule has 31 heavy (non-hydrogen) atoms. The molecule has 1 aliphatic carbocycles. The highest BCUT2D eigenvalue weighted by Crippen LogP contribution is 2.40. The van der Waals surface area contributed by atoms with E-state index in [9.17, 15) is 0 Å². The molecular formula is C29H33NO. The summed E-state index contributed by atoms with van der Waals surface area (Å²) >= 11 is 0. The summed E-state index contributed by atoms with van der Waals surface area (Å²) in [6.45, 7) is 10.9. The summed E-state index contributed by atoms with van der Waals surface area (Å²) in [5.41, 5.74) is 8.19. The second kappa shape index (κ2) is 7.82. The van der Waals surface area contributed by atoms with Crippen LogP contribution in [0.5, 0.6) is 0 Å². The first-order valence-corrected chi connectivity index (χ1v) is 11.9. The number of furan rings is 1. The fraction of sp³-hybridized carbons (Fsp3) is 0.414. The molecule has 2 aromatic heterocycles. The zero-order chi connectivity index (χ0) is 21.7. The Labute approximate surface area is 185 Å². The summed E-state index contributed by atoms with van der Waals surface area (Å²) in [5.74, 6) is 2.15. The van der Waals surface area contributed by atoms with Crippen molar-refractivity contribution in [3.8, 4) is 11.3 Å². The van der Waals surface area contributed by atoms with Gasteiger partial charge in [0.05, 0.1) is 5.69 Å². The van der Waals surface area contributed by atoms with Crippen LogP contribution in [0.15, 0.2) is 40.8 Å². The standard InChI is InChI=1S/C29H33NO/c1-17(2)28-20(5)25-13-18(3)14-26(29(25)31-28)27-24-12-11-22(21-9-7-6-8-10-21)16-23(24)15-19(4)30-27/h11-17,21H,6-10H2,1-5H3. The van der Waals surface area contributed by atoms with Crippen LogP contribution in [0.4, 0.5) is 0 Å². The Kier molecular flexibility index (Phi) is 5.12. The highest BCUT2D eigenvalue weighted by Gasteiger charge is 2.21. The van der Waals surface area contributed by atoms with Crippen molar-refractivity contribution in [3.63, 3.8) is 0 Å². The number of aryl methyl sites for hydroxylation is 3. The Morgan fingerprint density at radius 2 is 1.68 bits per heavy atom. The van der Waals surface area contributed by atoms with E-state index in [-0.39, 0.29) is 0 Å². The van der Waals surface area contributed by atoms with Crippen LogP contribution in [0, 0.1) is 20.8 Å². The smallest absolute Gasteiger partial charge is 0.143 e. The SMILES string of the molecule is Cc1cc(-c2nc(C)cc3cc(C4CCCCC4)ccc23)c2oc(C(C)C)c(C)c2c1. The molecule has 2 heteroatoms. The molecule has 0 spiro atoms. The van der Waals surface area contributed by atoms with Crippen molar-refractivity contribution in [3.05, 3.63) is 64.5 Å². The van der Waals surface area contributed by atoms with Gasteiger partial charge in [0.25, 0.3) is 0 Å². The third kappa shape index (κ3) is 3.56. The summed E-state index contributed by atoms with van der Waals surface area (Å²) in [6.07, 6.45) is 6.76. The second-order valence-corrected chi connectivity index (χ2v) is 9.86. The second-order valence-electron chi connectivity index (χ2n) is 9.86. The van der Waals surface area contributed by atoms with Gasteiger partial charge in [0.15, 0.2) is 0 Å². The largest absolute Gasteiger partial charge is 0.460 e. The molecule has 1 aliphatic rings. The molecule has 0 atom stereocenters. The molecule has 0 radical (unpaired) electrons. The van der Waals surface area contributed by atoms with E-state index in [4.69, 9.17) is 9.40 Å². The van der Waals surface area contributed by atoms with Crippen LogP contribution in [-0.2, 0) is 0 Å². The van der Waals surface area contributed by atoms with Crippen LogP contribution in [0.3, 0.4) is 0 Å². The normalized spacial score (nSPS) is 15.4. The van der Waals surface area contributed by atoms with Crippen molar-refractivity contribution in [2.75, 3.05) is 0 Å². The highest BCUT2D eigenvalue weighted by molar-refractivity contribution is 6.03. The predicted octanol–water partition coefficient (Wildman–Crippen LogP) is 8.74. The van der Waals surface area contributed by atoms with E-state index in [1.54, 1.807) is 0 Å². The van der Waals surface area contributed by atoms with Gasteiger partial charge >= 0.3 is 0 Å². The minimum Gasteiger partial charge on any atom is -0.460 e. The number of aromatic nitrogens is 1. The Balaban J connectivity index is 1.73. The van der Waals surface area contributed by atoms with Crippen LogP contribution < -0.4 is 0 Å². The number of benzene rings is 2. The quantitative estimate of drug-likeness (QED) is 0.337. The molecule has 0 N–H and O–H groups in total. The third-order valence-corrected chi connectivity index (χ3v) is 7.06. The van der Waals surface area contributed by atoms with Crippen LogP contribution in [0.1, 0.15) is 85.9 Å². The zero-order valence-corrected chi connectivity index (χ0v) is 19.5. The third-order valence-electron chi connectivity index (χ3n) is 7.06. The summed E-state index contributed by atoms with van der Waals surface area (Å²) in [7, 11) is 0. The van der Waals surface area contributed by atoms with Gasteiger partial charge in [-0.2, -0.15) is 0 Å². The minimum absolute atomic E-state index is 0.362. The van der Waals surface area contributed by atoms with Gasteiger partial charge in [0.1, 0.15) is 11.3 Å². The average Bonchev–Trinajstić information content (AvgIpc) is 3.09. The fourth-order valence-electron chi connectivity index (χ4n) is 5.51. The van der Waals surface area contributed by atoms with Gasteiger partial charge in [-0.3, -0.25) is 4.98 Å². The maximum atomic E-state index is 6.47. The molecule has 4 aromatic rings. The monoisotopic (exact) mass is 411 g/mol. The van der Waals surface area contributed by atoms with Crippen LogP contribution in [-0.4, -0.2) is 4.98 Å². The molecule has 160 valence electrons. The molecule has 1 fully saturated rings. The summed E-state index contributed by atoms with van der Waals surface area (Å²) in [5, 5.41) is 3.73. The molecule has 1 saturated carbocycles. The maximum absolute atomic E-state index is 6.47. The van der Waals surface area contributed by atoms with Crippen LogP contribution in [0.25, 0.3) is 33.0 Å². The van der Waals surface area contributed by atoms with E-state index in [0.29, 0.717) is 11.8 Å². The minimum atomic E-state index is 0.362. The lowest BCUT2D eigenvalue weighted by Crippen LogP contribution is -2.04. The van der Waals surface area contributed by atoms with Gasteiger partial charge in [0.2, 0.25) is 0 Å². The van der Waals surface area contributed by atoms with Crippen molar-refractivity contribution < 1.29 is 4.42 Å². The van der Waals surface area contributed by atoms with E-state index < -0.39 is 0 Å². The van der Waals surface area contributed by atoms with Gasteiger partial charge < -0.3 is 4.42 Å². The van der Waals surface area contributed by atoms with Gasteiger partial charge in [0, 0.05) is 27.9 Å². The van der Waals surface area contributed by atoms with E-state index in [1.165, 1.54) is 65.0 Å². The van der Waals surface area contributed by atoms with E-state index in [0.717, 1.165) is 28.3 Å². The first-order chi connectivity index (χ1) is 14.9. The lowest BCUT2D eigenvalue weighted by atomic mass is 9.83. The van der Waals surface area contributed by atoms with Crippen LogP contribution >= 0.6 is 0 Å². The molecule has 0 saturated heterocycles. The molecule has 5 rings (SSSR count). The topological polar surface area (TPSA) is 26.0 Å². The maximum Gasteiger partial charge on any atom is 0.143 e. The fourth-order valence-corrected chi connectivity index (χ4v) is 5.51. The number of nitrogens with zero attached hydrogens (tertiary/aromatic N) is 1. The predicted molar refractivity (Wildman–Crippen MR) is 131 cm³/mol. The summed E-state index contributed by atoms with van der Waals surface area (Å²) in [4.78, 5) is 5.03. The van der Waals surface area contributed by atoms with E-state index in [1.807, 2.05) is 0 Å². The Morgan fingerprint density at radius 3 is 2.42 bits per heavy atom. The molecule has 2 aromatic carbocycles. The summed E-state index contributed by atoms with van der Waals surface area (Å²) < 4.78 is 6.47. The average molecular weight is 412 g/mol. The highest BCUT2D eigenvalue weighted by atomic mass is 16.3. The van der Waals surface area contributed by atoms with E-state index in [2.05, 4.69) is 71.0 Å². The number of hydrogen-bond donors (Lipinski definition) is 0. The molecule has 0 bridgehead atoms. The molecule has 0 unspecified atom stereocenters. The number of pyridine rings is 1. The molecule has 2 nitrogen and oxygen atoms in total. The first-order valence-electron chi connectivity index (χ1n) is 11.9. The van der Waals surface area contributed by atoms with Crippen molar-refractivity contribution in [2.45, 2.75) is 78.6 Å². The van der Waals surface area contributed by atoms with Gasteiger partial charge in [-0.1, -0.05) is 51.3 Å². The Hall–Kier alpha value is -2.61.